The third-order valence-electron chi connectivity index (χ3n) is 3.82. The lowest BCUT2D eigenvalue weighted by Crippen LogP contribution is -2.35. The van der Waals surface area contributed by atoms with Crippen LogP contribution in [0.2, 0.25) is 0 Å². The van der Waals surface area contributed by atoms with E-state index in [1.54, 1.807) is 26.1 Å². The van der Waals surface area contributed by atoms with Crippen molar-refractivity contribution in [3.63, 3.8) is 0 Å². The average molecular weight is 312 g/mol. The van der Waals surface area contributed by atoms with Gasteiger partial charge in [-0.3, -0.25) is 10.1 Å². The minimum Gasteiger partial charge on any atom is -0.497 e. The summed E-state index contributed by atoms with van der Waals surface area (Å²) in [4.78, 5) is 13.5. The Labute approximate surface area is 138 Å². The minimum absolute atomic E-state index is 0.0367. The van der Waals surface area contributed by atoms with Crippen LogP contribution in [0.4, 0.5) is 0 Å². The van der Waals surface area contributed by atoms with Gasteiger partial charge in [0.15, 0.2) is 0 Å². The quantitative estimate of drug-likeness (QED) is 0.892. The van der Waals surface area contributed by atoms with Crippen molar-refractivity contribution in [2.75, 3.05) is 27.7 Å². The SMILES string of the molecule is COc1ccc([C@H](NCC(=O)N(C)C)c2ccc(C)cc2)cc1. The summed E-state index contributed by atoms with van der Waals surface area (Å²) in [6.45, 7) is 2.35. The summed E-state index contributed by atoms with van der Waals surface area (Å²) in [6.07, 6.45) is 0. The molecule has 0 aliphatic rings. The van der Waals surface area contributed by atoms with E-state index in [1.807, 2.05) is 24.3 Å². The van der Waals surface area contributed by atoms with Gasteiger partial charge in [0.2, 0.25) is 5.91 Å². The second-order valence-electron chi connectivity index (χ2n) is 5.79. The first-order chi connectivity index (χ1) is 11.0. The smallest absolute Gasteiger partial charge is 0.236 e. The maximum atomic E-state index is 11.9. The lowest BCUT2D eigenvalue weighted by Gasteiger charge is -2.21. The zero-order valence-electron chi connectivity index (χ0n) is 14.2. The molecule has 0 unspecified atom stereocenters. The molecule has 2 aromatic rings. The molecule has 1 N–H and O–H groups in total. The highest BCUT2D eigenvalue weighted by molar-refractivity contribution is 5.77. The van der Waals surface area contributed by atoms with E-state index in [1.165, 1.54) is 5.56 Å². The first-order valence-electron chi connectivity index (χ1n) is 7.65. The van der Waals surface area contributed by atoms with Crippen molar-refractivity contribution in [3.8, 4) is 5.75 Å². The number of likely N-dealkylation sites (N-methyl/N-ethyl adjacent to an activating group) is 1. The molecule has 0 spiro atoms. The van der Waals surface area contributed by atoms with E-state index in [0.717, 1.165) is 16.9 Å². The van der Waals surface area contributed by atoms with Gasteiger partial charge in [0, 0.05) is 14.1 Å². The summed E-state index contributed by atoms with van der Waals surface area (Å²) in [7, 11) is 5.18. The number of aryl methyl sites for hydroxylation is 1. The predicted molar refractivity (Wildman–Crippen MR) is 92.7 cm³/mol. The van der Waals surface area contributed by atoms with Gasteiger partial charge < -0.3 is 9.64 Å². The molecule has 0 aliphatic carbocycles. The summed E-state index contributed by atoms with van der Waals surface area (Å²) < 4.78 is 5.22. The highest BCUT2D eigenvalue weighted by Crippen LogP contribution is 2.24. The van der Waals surface area contributed by atoms with Crippen molar-refractivity contribution in [2.45, 2.75) is 13.0 Å². The second-order valence-corrected chi connectivity index (χ2v) is 5.79. The number of ether oxygens (including phenoxy) is 1. The van der Waals surface area contributed by atoms with Gasteiger partial charge in [0.25, 0.3) is 0 Å². The van der Waals surface area contributed by atoms with Crippen LogP contribution in [0.3, 0.4) is 0 Å². The summed E-state index contributed by atoms with van der Waals surface area (Å²) in [5.74, 6) is 0.872. The minimum atomic E-state index is -0.0367. The van der Waals surface area contributed by atoms with E-state index in [9.17, 15) is 4.79 Å². The van der Waals surface area contributed by atoms with E-state index < -0.39 is 0 Å². The molecular formula is C19H24N2O2. The van der Waals surface area contributed by atoms with Gasteiger partial charge in [-0.15, -0.1) is 0 Å². The lowest BCUT2D eigenvalue weighted by molar-refractivity contribution is -0.127. The summed E-state index contributed by atoms with van der Waals surface area (Å²) >= 11 is 0. The van der Waals surface area contributed by atoms with Crippen molar-refractivity contribution >= 4 is 5.91 Å². The van der Waals surface area contributed by atoms with Gasteiger partial charge >= 0.3 is 0 Å². The molecule has 0 aromatic heterocycles. The Balaban J connectivity index is 2.26. The summed E-state index contributed by atoms with van der Waals surface area (Å²) in [5.41, 5.74) is 3.44. The Bertz CT molecular complexity index is 633. The molecule has 0 bridgehead atoms. The zero-order chi connectivity index (χ0) is 16.8. The molecule has 0 saturated heterocycles. The monoisotopic (exact) mass is 312 g/mol. The van der Waals surface area contributed by atoms with Crippen LogP contribution < -0.4 is 10.1 Å². The molecule has 23 heavy (non-hydrogen) atoms. The maximum absolute atomic E-state index is 11.9. The number of hydrogen-bond acceptors (Lipinski definition) is 3. The topological polar surface area (TPSA) is 41.6 Å². The van der Waals surface area contributed by atoms with Gasteiger partial charge in [0.05, 0.1) is 19.7 Å². The number of nitrogens with zero attached hydrogens (tertiary/aromatic N) is 1. The Hall–Kier alpha value is -2.33. The molecule has 0 heterocycles. The molecule has 0 fully saturated rings. The van der Waals surface area contributed by atoms with Crippen LogP contribution in [0.25, 0.3) is 0 Å². The molecule has 4 nitrogen and oxygen atoms in total. The molecule has 1 atom stereocenters. The van der Waals surface area contributed by atoms with Crippen LogP contribution in [-0.2, 0) is 4.79 Å². The number of rotatable bonds is 6. The molecule has 1 amide bonds. The van der Waals surface area contributed by atoms with Crippen LogP contribution in [0.15, 0.2) is 48.5 Å². The number of hydrogen-bond donors (Lipinski definition) is 1. The van der Waals surface area contributed by atoms with E-state index in [4.69, 9.17) is 4.74 Å². The van der Waals surface area contributed by atoms with Crippen molar-refractivity contribution in [2.24, 2.45) is 0 Å². The van der Waals surface area contributed by atoms with Crippen molar-refractivity contribution in [1.82, 2.24) is 10.2 Å². The maximum Gasteiger partial charge on any atom is 0.236 e. The zero-order valence-corrected chi connectivity index (χ0v) is 14.2. The van der Waals surface area contributed by atoms with Crippen molar-refractivity contribution in [3.05, 3.63) is 65.2 Å². The molecule has 122 valence electrons. The fraction of sp³-hybridized carbons (Fsp3) is 0.316. The van der Waals surface area contributed by atoms with E-state index in [2.05, 4.69) is 36.5 Å². The van der Waals surface area contributed by atoms with Crippen LogP contribution in [0.5, 0.6) is 5.75 Å². The van der Waals surface area contributed by atoms with Crippen LogP contribution in [-0.4, -0.2) is 38.6 Å². The third-order valence-corrected chi connectivity index (χ3v) is 3.82. The highest BCUT2D eigenvalue weighted by atomic mass is 16.5. The predicted octanol–water partition coefficient (Wildman–Crippen LogP) is 2.77. The first kappa shape index (κ1) is 17.0. The fourth-order valence-electron chi connectivity index (χ4n) is 2.33. The lowest BCUT2D eigenvalue weighted by atomic mass is 9.97. The summed E-state index contributed by atoms with van der Waals surface area (Å²) in [5, 5.41) is 3.36. The van der Waals surface area contributed by atoms with Crippen molar-refractivity contribution < 1.29 is 9.53 Å². The van der Waals surface area contributed by atoms with E-state index in [-0.39, 0.29) is 18.5 Å². The van der Waals surface area contributed by atoms with Gasteiger partial charge in [-0.2, -0.15) is 0 Å². The van der Waals surface area contributed by atoms with Crippen LogP contribution in [0.1, 0.15) is 22.7 Å². The number of methoxy groups -OCH3 is 1. The molecule has 0 saturated carbocycles. The number of amides is 1. The molecule has 2 aromatic carbocycles. The number of benzene rings is 2. The van der Waals surface area contributed by atoms with Crippen LogP contribution >= 0.6 is 0 Å². The van der Waals surface area contributed by atoms with Gasteiger partial charge in [0.1, 0.15) is 5.75 Å². The average Bonchev–Trinajstić information content (AvgIpc) is 2.56. The van der Waals surface area contributed by atoms with Gasteiger partial charge in [-0.1, -0.05) is 42.0 Å². The molecule has 4 heteroatoms. The van der Waals surface area contributed by atoms with Crippen LogP contribution in [0, 0.1) is 6.92 Å². The molecule has 2 rings (SSSR count). The van der Waals surface area contributed by atoms with E-state index in [0.29, 0.717) is 0 Å². The Morgan fingerprint density at radius 1 is 1.04 bits per heavy atom. The van der Waals surface area contributed by atoms with Gasteiger partial charge in [-0.25, -0.2) is 0 Å². The Kier molecular flexibility index (Phi) is 5.77. The second kappa shape index (κ2) is 7.79. The Morgan fingerprint density at radius 2 is 1.57 bits per heavy atom. The molecule has 0 aliphatic heterocycles. The normalized spacial score (nSPS) is 11.8. The van der Waals surface area contributed by atoms with E-state index >= 15 is 0 Å². The van der Waals surface area contributed by atoms with Crippen molar-refractivity contribution in [1.29, 1.82) is 0 Å². The summed E-state index contributed by atoms with van der Waals surface area (Å²) in [6, 6.07) is 16.2. The highest BCUT2D eigenvalue weighted by Gasteiger charge is 2.16. The fourth-order valence-corrected chi connectivity index (χ4v) is 2.33. The standard InChI is InChI=1S/C19H24N2O2/c1-14-5-7-15(8-6-14)19(20-13-18(22)21(2)3)16-9-11-17(23-4)12-10-16/h5-12,19-20H,13H2,1-4H3/t19-/m1/s1. The first-order valence-corrected chi connectivity index (χ1v) is 7.65. The number of carbonyl (C=O) groups is 1. The molecular weight excluding hydrogens is 288 g/mol. The van der Waals surface area contributed by atoms with Gasteiger partial charge in [-0.05, 0) is 30.2 Å². The Morgan fingerprint density at radius 3 is 2.04 bits per heavy atom. The molecule has 0 radical (unpaired) electrons. The number of nitrogens with one attached hydrogen (secondary N) is 1. The largest absolute Gasteiger partial charge is 0.497 e. The third kappa shape index (κ3) is 4.57. The number of carbonyl (C=O) groups excluding carboxylic acids is 1.